The van der Waals surface area contributed by atoms with Gasteiger partial charge in [-0.05, 0) is 50.1 Å². The Morgan fingerprint density at radius 3 is 2.86 bits per heavy atom. The molecule has 148 valence electrons. The van der Waals surface area contributed by atoms with E-state index >= 15 is 0 Å². The van der Waals surface area contributed by atoms with Crippen LogP contribution in [-0.2, 0) is 4.84 Å². The lowest BCUT2D eigenvalue weighted by Gasteiger charge is -2.16. The fourth-order valence-electron chi connectivity index (χ4n) is 2.33. The van der Waals surface area contributed by atoms with E-state index in [1.54, 1.807) is 18.3 Å². The Morgan fingerprint density at radius 1 is 1.39 bits per heavy atom. The molecule has 0 aliphatic heterocycles. The van der Waals surface area contributed by atoms with Gasteiger partial charge in [-0.25, -0.2) is 10.5 Å². The van der Waals surface area contributed by atoms with E-state index in [9.17, 15) is 4.79 Å². The molecule has 6 nitrogen and oxygen atoms in total. The molecule has 1 aliphatic rings. The average Bonchev–Trinajstić information content (AvgIpc) is 3.48. The molecule has 1 amide bonds. The normalized spacial score (nSPS) is 13.6. The molecule has 1 heterocycles. The standard InChI is InChI=1S/C19H19BrCl2N4O2/c1-2-7-23-18-16(22)17(25-15-6-5-12(20)8-14(15)21)13(9-24-18)19(27)26-28-10-11-3-4-11/h2,5-9,11H,3-4,10H2,1H3,(H,26,27)(H2,23,24,25)/b7-2+. The second-order valence-corrected chi connectivity index (χ2v) is 7.99. The molecule has 1 saturated carbocycles. The van der Waals surface area contributed by atoms with Crippen molar-refractivity contribution in [2.45, 2.75) is 19.8 Å². The van der Waals surface area contributed by atoms with Crippen molar-refractivity contribution >= 4 is 62.2 Å². The maximum absolute atomic E-state index is 12.6. The third kappa shape index (κ3) is 5.38. The number of carbonyl (C=O) groups is 1. The minimum absolute atomic E-state index is 0.241. The topological polar surface area (TPSA) is 75.3 Å². The van der Waals surface area contributed by atoms with Gasteiger partial charge in [0.2, 0.25) is 0 Å². The molecule has 0 unspecified atom stereocenters. The number of allylic oxidation sites excluding steroid dienone is 1. The van der Waals surface area contributed by atoms with Crippen LogP contribution < -0.4 is 16.1 Å². The SMILES string of the molecule is C/C=C/Nc1ncc(C(=O)NOCC2CC2)c(Nc2ccc(Br)cc2Cl)c1Cl. The van der Waals surface area contributed by atoms with Gasteiger partial charge >= 0.3 is 0 Å². The zero-order valence-electron chi connectivity index (χ0n) is 15.1. The first-order valence-corrected chi connectivity index (χ1v) is 10.2. The second kappa shape index (κ2) is 9.60. The fraction of sp³-hybridized carbons (Fsp3) is 0.263. The van der Waals surface area contributed by atoms with Crippen LogP contribution >= 0.6 is 39.1 Å². The van der Waals surface area contributed by atoms with E-state index in [0.29, 0.717) is 34.7 Å². The smallest absolute Gasteiger partial charge is 0.278 e. The summed E-state index contributed by atoms with van der Waals surface area (Å²) in [5.41, 5.74) is 3.67. The summed E-state index contributed by atoms with van der Waals surface area (Å²) in [6, 6.07) is 5.37. The first kappa shape index (κ1) is 20.9. The van der Waals surface area contributed by atoms with Gasteiger partial charge in [-0.1, -0.05) is 45.2 Å². The van der Waals surface area contributed by atoms with Crippen molar-refractivity contribution in [3.63, 3.8) is 0 Å². The van der Waals surface area contributed by atoms with Gasteiger partial charge in [-0.15, -0.1) is 0 Å². The van der Waals surface area contributed by atoms with Crippen LogP contribution in [0.4, 0.5) is 17.2 Å². The first-order chi connectivity index (χ1) is 13.5. The lowest BCUT2D eigenvalue weighted by molar-refractivity contribution is 0.0270. The van der Waals surface area contributed by atoms with Gasteiger partial charge in [-0.3, -0.25) is 9.63 Å². The number of hydrogen-bond acceptors (Lipinski definition) is 5. The summed E-state index contributed by atoms with van der Waals surface area (Å²) in [4.78, 5) is 22.2. The Hall–Kier alpha value is -1.80. The van der Waals surface area contributed by atoms with Gasteiger partial charge in [0, 0.05) is 10.7 Å². The fourth-order valence-corrected chi connectivity index (χ4v) is 3.31. The molecule has 28 heavy (non-hydrogen) atoms. The highest BCUT2D eigenvalue weighted by atomic mass is 79.9. The third-order valence-corrected chi connectivity index (χ3v) is 5.20. The molecular formula is C19H19BrCl2N4O2. The number of hydroxylamine groups is 1. The van der Waals surface area contributed by atoms with E-state index in [1.807, 2.05) is 19.1 Å². The number of rotatable bonds is 8. The van der Waals surface area contributed by atoms with Crippen molar-refractivity contribution < 1.29 is 9.63 Å². The number of nitrogens with zero attached hydrogens (tertiary/aromatic N) is 1. The molecule has 1 aromatic carbocycles. The van der Waals surface area contributed by atoms with Crippen LogP contribution in [0, 0.1) is 5.92 Å². The van der Waals surface area contributed by atoms with Crippen LogP contribution in [0.3, 0.4) is 0 Å². The molecule has 0 radical (unpaired) electrons. The maximum atomic E-state index is 12.6. The van der Waals surface area contributed by atoms with E-state index in [1.165, 1.54) is 6.20 Å². The van der Waals surface area contributed by atoms with Crippen LogP contribution in [0.1, 0.15) is 30.1 Å². The second-order valence-electron chi connectivity index (χ2n) is 6.29. The number of hydrogen-bond donors (Lipinski definition) is 3. The molecule has 3 rings (SSSR count). The molecule has 9 heteroatoms. The quantitative estimate of drug-likeness (QED) is 0.405. The molecule has 0 atom stereocenters. The molecule has 0 bridgehead atoms. The summed E-state index contributed by atoms with van der Waals surface area (Å²) in [6.45, 7) is 2.36. The highest BCUT2D eigenvalue weighted by Crippen LogP contribution is 2.36. The summed E-state index contributed by atoms with van der Waals surface area (Å²) in [5, 5.41) is 6.85. The van der Waals surface area contributed by atoms with Gasteiger partial charge in [-0.2, -0.15) is 0 Å². The molecule has 1 aromatic heterocycles. The molecule has 0 saturated heterocycles. The van der Waals surface area contributed by atoms with E-state index in [-0.39, 0.29) is 10.6 Å². The Labute approximate surface area is 181 Å². The number of pyridine rings is 1. The van der Waals surface area contributed by atoms with Crippen LogP contribution in [-0.4, -0.2) is 17.5 Å². The van der Waals surface area contributed by atoms with Crippen LogP contribution in [0.15, 0.2) is 41.1 Å². The van der Waals surface area contributed by atoms with Crippen molar-refractivity contribution in [1.82, 2.24) is 10.5 Å². The summed E-state index contributed by atoms with van der Waals surface area (Å²) < 4.78 is 0.839. The lowest BCUT2D eigenvalue weighted by atomic mass is 10.2. The summed E-state index contributed by atoms with van der Waals surface area (Å²) >= 11 is 16.2. The lowest BCUT2D eigenvalue weighted by Crippen LogP contribution is -2.26. The molecule has 1 aliphatic carbocycles. The highest BCUT2D eigenvalue weighted by Gasteiger charge is 2.23. The van der Waals surface area contributed by atoms with Gasteiger partial charge in [0.1, 0.15) is 5.02 Å². The predicted octanol–water partition coefficient (Wildman–Crippen LogP) is 5.91. The number of aromatic nitrogens is 1. The van der Waals surface area contributed by atoms with Crippen molar-refractivity contribution in [2.24, 2.45) is 5.92 Å². The van der Waals surface area contributed by atoms with Gasteiger partial charge in [0.05, 0.1) is 28.6 Å². The molecule has 0 spiro atoms. The minimum atomic E-state index is -0.441. The van der Waals surface area contributed by atoms with E-state index in [4.69, 9.17) is 28.0 Å². The molecule has 3 N–H and O–H groups in total. The predicted molar refractivity (Wildman–Crippen MR) is 116 cm³/mol. The molecule has 1 fully saturated rings. The summed E-state index contributed by atoms with van der Waals surface area (Å²) in [6.07, 6.45) is 7.20. The van der Waals surface area contributed by atoms with Crippen LogP contribution in [0.2, 0.25) is 10.0 Å². The van der Waals surface area contributed by atoms with Gasteiger partial charge in [0.15, 0.2) is 5.82 Å². The Balaban J connectivity index is 1.90. The number of nitrogens with one attached hydrogen (secondary N) is 3. The Bertz CT molecular complexity index is 904. The number of benzene rings is 1. The van der Waals surface area contributed by atoms with Crippen molar-refractivity contribution in [3.8, 4) is 0 Å². The minimum Gasteiger partial charge on any atom is -0.352 e. The van der Waals surface area contributed by atoms with E-state index in [2.05, 4.69) is 37.0 Å². The number of anilines is 3. The van der Waals surface area contributed by atoms with Crippen LogP contribution in [0.25, 0.3) is 0 Å². The summed E-state index contributed by atoms with van der Waals surface area (Å²) in [7, 11) is 0. The third-order valence-electron chi connectivity index (χ3n) is 4.02. The van der Waals surface area contributed by atoms with E-state index in [0.717, 1.165) is 17.3 Å². The van der Waals surface area contributed by atoms with E-state index < -0.39 is 5.91 Å². The van der Waals surface area contributed by atoms with Crippen molar-refractivity contribution in [3.05, 3.63) is 56.8 Å². The first-order valence-electron chi connectivity index (χ1n) is 8.70. The molecule has 2 aromatic rings. The highest BCUT2D eigenvalue weighted by molar-refractivity contribution is 9.10. The molecular weight excluding hydrogens is 467 g/mol. The van der Waals surface area contributed by atoms with Gasteiger partial charge < -0.3 is 10.6 Å². The number of halogens is 3. The zero-order valence-corrected chi connectivity index (χ0v) is 18.2. The van der Waals surface area contributed by atoms with Crippen LogP contribution in [0.5, 0.6) is 0 Å². The monoisotopic (exact) mass is 484 g/mol. The Morgan fingerprint density at radius 2 is 2.18 bits per heavy atom. The Kier molecular flexibility index (Phi) is 7.18. The number of amides is 1. The van der Waals surface area contributed by atoms with Crippen molar-refractivity contribution in [1.29, 1.82) is 0 Å². The number of carbonyl (C=O) groups excluding carboxylic acids is 1. The van der Waals surface area contributed by atoms with Gasteiger partial charge in [0.25, 0.3) is 5.91 Å². The average molecular weight is 486 g/mol. The zero-order chi connectivity index (χ0) is 20.1. The van der Waals surface area contributed by atoms with Crippen molar-refractivity contribution in [2.75, 3.05) is 17.2 Å². The summed E-state index contributed by atoms with van der Waals surface area (Å²) in [5.74, 6) is 0.489. The maximum Gasteiger partial charge on any atom is 0.278 e. The largest absolute Gasteiger partial charge is 0.352 e.